The van der Waals surface area contributed by atoms with Crippen molar-refractivity contribution >= 4 is 29.1 Å². The van der Waals surface area contributed by atoms with Crippen LogP contribution in [-0.4, -0.2) is 73.1 Å². The lowest BCUT2D eigenvalue weighted by Crippen LogP contribution is -2.42. The number of aliphatic hydroxyl groups is 1. The fourth-order valence-corrected chi connectivity index (χ4v) is 4.82. The van der Waals surface area contributed by atoms with Gasteiger partial charge in [-0.05, 0) is 35.2 Å². The predicted octanol–water partition coefficient (Wildman–Crippen LogP) is 4.23. The summed E-state index contributed by atoms with van der Waals surface area (Å²) in [6.45, 7) is 8.05. The molecule has 0 aliphatic carbocycles. The Bertz CT molecular complexity index is 1120. The minimum atomic E-state index is -0.700. The van der Waals surface area contributed by atoms with E-state index in [4.69, 9.17) is 21.1 Å². The maximum atomic E-state index is 13.2. The average Bonchev–Trinajstić information content (AvgIpc) is 3.12. The molecule has 2 saturated heterocycles. The van der Waals surface area contributed by atoms with Crippen LogP contribution in [0.2, 0.25) is 5.02 Å². The smallest absolute Gasteiger partial charge is 0.295 e. The van der Waals surface area contributed by atoms with E-state index in [2.05, 4.69) is 18.7 Å². The van der Waals surface area contributed by atoms with Gasteiger partial charge in [-0.2, -0.15) is 0 Å². The molecule has 2 heterocycles. The molecule has 7 nitrogen and oxygen atoms in total. The highest BCUT2D eigenvalue weighted by molar-refractivity contribution is 6.46. The second-order valence-electron chi connectivity index (χ2n) is 9.12. The summed E-state index contributed by atoms with van der Waals surface area (Å²) in [5.41, 5.74) is 2.35. The zero-order valence-corrected chi connectivity index (χ0v) is 21.0. The van der Waals surface area contributed by atoms with Crippen molar-refractivity contribution < 1.29 is 24.2 Å². The lowest BCUT2D eigenvalue weighted by molar-refractivity contribution is -0.140. The molecular weight excluding hydrogens is 468 g/mol. The molecule has 2 aliphatic heterocycles. The van der Waals surface area contributed by atoms with Gasteiger partial charge in [0.25, 0.3) is 11.7 Å². The van der Waals surface area contributed by atoms with Crippen LogP contribution in [0.5, 0.6) is 5.75 Å². The third kappa shape index (κ3) is 5.22. The van der Waals surface area contributed by atoms with E-state index >= 15 is 0 Å². The number of ether oxygens (including phenoxy) is 2. The van der Waals surface area contributed by atoms with E-state index in [1.165, 1.54) is 13.2 Å². The normalized spacial score (nSPS) is 20.6. The van der Waals surface area contributed by atoms with Crippen LogP contribution in [0.15, 0.2) is 48.0 Å². The molecule has 2 aliphatic rings. The fraction of sp³-hybridized carbons (Fsp3) is 0.407. The molecule has 0 bridgehead atoms. The number of nitrogens with zero attached hydrogens (tertiary/aromatic N) is 2. The largest absolute Gasteiger partial charge is 0.507 e. The molecule has 0 saturated carbocycles. The number of hydrogen-bond donors (Lipinski definition) is 1. The summed E-state index contributed by atoms with van der Waals surface area (Å²) in [6, 6.07) is 12.0. The standard InChI is InChI=1S/C27H31ClN2O5/c1-17(2)18-4-6-19(7-5-18)24-23(25(31)20-8-9-22(34-3)21(28)16-20)26(32)27(33)30(24)11-10-29-12-14-35-15-13-29/h4-9,16-17,24,31H,10-15H2,1-3H3/t24-/m0/s1. The van der Waals surface area contributed by atoms with Crippen LogP contribution in [0.1, 0.15) is 42.5 Å². The van der Waals surface area contributed by atoms with E-state index in [1.54, 1.807) is 17.0 Å². The Morgan fingerprint density at radius 1 is 1.11 bits per heavy atom. The molecule has 0 aromatic heterocycles. The quantitative estimate of drug-likeness (QED) is 0.350. The van der Waals surface area contributed by atoms with E-state index in [0.717, 1.165) is 24.2 Å². The van der Waals surface area contributed by atoms with Gasteiger partial charge in [-0.3, -0.25) is 14.5 Å². The summed E-state index contributed by atoms with van der Waals surface area (Å²) in [7, 11) is 1.50. The van der Waals surface area contributed by atoms with Crippen molar-refractivity contribution in [3.05, 3.63) is 69.8 Å². The fourth-order valence-electron chi connectivity index (χ4n) is 4.56. The second kappa shape index (κ2) is 10.8. The minimum Gasteiger partial charge on any atom is -0.507 e. The van der Waals surface area contributed by atoms with Gasteiger partial charge in [-0.25, -0.2) is 0 Å². The molecule has 2 aromatic rings. The van der Waals surface area contributed by atoms with E-state index in [0.29, 0.717) is 48.6 Å². The van der Waals surface area contributed by atoms with Gasteiger partial charge in [-0.1, -0.05) is 49.7 Å². The lowest BCUT2D eigenvalue weighted by Gasteiger charge is -2.31. The average molecular weight is 499 g/mol. The van der Waals surface area contributed by atoms with Crippen molar-refractivity contribution in [1.82, 2.24) is 9.80 Å². The maximum absolute atomic E-state index is 13.2. The summed E-state index contributed by atoms with van der Waals surface area (Å²) < 4.78 is 10.6. The number of ketones is 1. The van der Waals surface area contributed by atoms with Crippen molar-refractivity contribution in [1.29, 1.82) is 0 Å². The van der Waals surface area contributed by atoms with Gasteiger partial charge in [0.1, 0.15) is 11.5 Å². The molecule has 4 rings (SSSR count). The number of halogens is 1. The third-order valence-corrected chi connectivity index (χ3v) is 6.94. The summed E-state index contributed by atoms with van der Waals surface area (Å²) in [5, 5.41) is 11.6. The van der Waals surface area contributed by atoms with Crippen molar-refractivity contribution in [2.45, 2.75) is 25.8 Å². The predicted molar refractivity (Wildman–Crippen MR) is 135 cm³/mol. The highest BCUT2D eigenvalue weighted by Crippen LogP contribution is 2.40. The Balaban J connectivity index is 1.75. The topological polar surface area (TPSA) is 79.3 Å². The number of rotatable bonds is 7. The molecule has 0 unspecified atom stereocenters. The molecule has 1 atom stereocenters. The van der Waals surface area contributed by atoms with Gasteiger partial charge in [-0.15, -0.1) is 0 Å². The van der Waals surface area contributed by atoms with Crippen molar-refractivity contribution in [2.75, 3.05) is 46.5 Å². The highest BCUT2D eigenvalue weighted by Gasteiger charge is 2.46. The Kier molecular flexibility index (Phi) is 7.79. The van der Waals surface area contributed by atoms with Gasteiger partial charge in [0.2, 0.25) is 0 Å². The first-order valence-corrected chi connectivity index (χ1v) is 12.2. The SMILES string of the molecule is COc1ccc(C(O)=C2C(=O)C(=O)N(CCN3CCOCC3)[C@H]2c2ccc(C(C)C)cc2)cc1Cl. The molecule has 0 spiro atoms. The number of Topliss-reactive ketones (excluding diaryl/α,β-unsaturated/α-hetero) is 1. The van der Waals surface area contributed by atoms with Crippen LogP contribution in [0.4, 0.5) is 0 Å². The molecule has 186 valence electrons. The molecule has 8 heteroatoms. The van der Waals surface area contributed by atoms with Gasteiger partial charge >= 0.3 is 0 Å². The molecule has 1 N–H and O–H groups in total. The molecule has 1 amide bonds. The number of aliphatic hydroxyl groups excluding tert-OH is 1. The molecular formula is C27H31ClN2O5. The highest BCUT2D eigenvalue weighted by atomic mass is 35.5. The van der Waals surface area contributed by atoms with Gasteiger partial charge in [0.15, 0.2) is 0 Å². The first kappa shape index (κ1) is 25.2. The number of morpholine rings is 1. The summed E-state index contributed by atoms with van der Waals surface area (Å²) in [4.78, 5) is 30.2. The number of likely N-dealkylation sites (tertiary alicyclic amines) is 1. The Morgan fingerprint density at radius 3 is 2.40 bits per heavy atom. The Morgan fingerprint density at radius 2 is 1.80 bits per heavy atom. The van der Waals surface area contributed by atoms with Crippen LogP contribution in [-0.2, 0) is 14.3 Å². The van der Waals surface area contributed by atoms with E-state index in [1.807, 2.05) is 24.3 Å². The van der Waals surface area contributed by atoms with Crippen LogP contribution in [0.25, 0.3) is 5.76 Å². The Labute approximate surface area is 210 Å². The maximum Gasteiger partial charge on any atom is 0.295 e. The molecule has 2 aromatic carbocycles. The minimum absolute atomic E-state index is 0.0653. The summed E-state index contributed by atoms with van der Waals surface area (Å²) in [5.74, 6) is -0.764. The number of hydrogen-bond acceptors (Lipinski definition) is 6. The van der Waals surface area contributed by atoms with Crippen LogP contribution < -0.4 is 4.74 Å². The first-order chi connectivity index (χ1) is 16.8. The third-order valence-electron chi connectivity index (χ3n) is 6.64. The number of carbonyl (C=O) groups excluding carboxylic acids is 2. The van der Waals surface area contributed by atoms with Gasteiger partial charge in [0, 0.05) is 31.7 Å². The van der Waals surface area contributed by atoms with Crippen LogP contribution >= 0.6 is 11.6 Å². The van der Waals surface area contributed by atoms with Crippen LogP contribution in [0, 0.1) is 0 Å². The number of amides is 1. The zero-order valence-electron chi connectivity index (χ0n) is 20.3. The molecule has 2 fully saturated rings. The zero-order chi connectivity index (χ0) is 25.1. The second-order valence-corrected chi connectivity index (χ2v) is 9.52. The van der Waals surface area contributed by atoms with Gasteiger partial charge in [0.05, 0.1) is 37.0 Å². The lowest BCUT2D eigenvalue weighted by atomic mass is 9.93. The van der Waals surface area contributed by atoms with E-state index in [-0.39, 0.29) is 11.3 Å². The Hall–Kier alpha value is -2.87. The van der Waals surface area contributed by atoms with Gasteiger partial charge < -0.3 is 19.5 Å². The number of methoxy groups -OCH3 is 1. The van der Waals surface area contributed by atoms with Crippen LogP contribution in [0.3, 0.4) is 0 Å². The monoisotopic (exact) mass is 498 g/mol. The first-order valence-electron chi connectivity index (χ1n) is 11.8. The molecule has 35 heavy (non-hydrogen) atoms. The van der Waals surface area contributed by atoms with E-state index in [9.17, 15) is 14.7 Å². The van der Waals surface area contributed by atoms with Crippen molar-refractivity contribution in [2.24, 2.45) is 0 Å². The van der Waals surface area contributed by atoms with Crippen molar-refractivity contribution in [3.63, 3.8) is 0 Å². The summed E-state index contributed by atoms with van der Waals surface area (Å²) >= 11 is 6.27. The number of carbonyl (C=O) groups is 2. The summed E-state index contributed by atoms with van der Waals surface area (Å²) in [6.07, 6.45) is 0. The van der Waals surface area contributed by atoms with E-state index < -0.39 is 17.7 Å². The number of benzene rings is 2. The molecule has 0 radical (unpaired) electrons. The van der Waals surface area contributed by atoms with Crippen molar-refractivity contribution in [3.8, 4) is 5.75 Å².